The number of ether oxygens (including phenoxy) is 2. The molecule has 12 heteroatoms. The number of para-hydroxylation sites is 2. The summed E-state index contributed by atoms with van der Waals surface area (Å²) in [5.74, 6) is -1.69. The number of carboxylic acid groups (broad SMARTS) is 1. The van der Waals surface area contributed by atoms with E-state index < -0.39 is 11.9 Å². The van der Waals surface area contributed by atoms with E-state index in [-0.39, 0.29) is 11.7 Å². The maximum absolute atomic E-state index is 11.5. The number of aromatic carboxylic acids is 1. The van der Waals surface area contributed by atoms with Gasteiger partial charge in [-0.25, -0.2) is 14.4 Å². The van der Waals surface area contributed by atoms with Gasteiger partial charge in [0.25, 0.3) is 0 Å². The molecule has 0 unspecified atom stereocenters. The summed E-state index contributed by atoms with van der Waals surface area (Å²) in [6.45, 7) is 5.50. The lowest BCUT2D eigenvalue weighted by molar-refractivity contribution is 0.0511. The van der Waals surface area contributed by atoms with Crippen LogP contribution in [0.1, 0.15) is 66.8 Å². The van der Waals surface area contributed by atoms with Gasteiger partial charge in [-0.2, -0.15) is 0 Å². The second kappa shape index (κ2) is 18.6. The summed E-state index contributed by atoms with van der Waals surface area (Å²) in [7, 11) is 0. The Bertz CT molecular complexity index is 1660. The van der Waals surface area contributed by atoms with E-state index in [1.165, 1.54) is 12.3 Å². The Morgan fingerprint density at radius 1 is 0.674 bits per heavy atom. The summed E-state index contributed by atoms with van der Waals surface area (Å²) in [4.78, 5) is 51.6. The predicted molar refractivity (Wildman–Crippen MR) is 174 cm³/mol. The highest BCUT2D eigenvalue weighted by Gasteiger charge is 2.09. The second-order valence-electron chi connectivity index (χ2n) is 9.49. The molecule has 3 heterocycles. The van der Waals surface area contributed by atoms with Crippen LogP contribution in [0.25, 0.3) is 0 Å². The molecule has 3 aromatic heterocycles. The van der Waals surface area contributed by atoms with E-state index in [1.807, 2.05) is 66.9 Å². The zero-order chi connectivity index (χ0) is 33.1. The molecule has 0 fully saturated rings. The van der Waals surface area contributed by atoms with Gasteiger partial charge >= 0.3 is 17.9 Å². The molecule has 0 bridgehead atoms. The van der Waals surface area contributed by atoms with Gasteiger partial charge in [0.2, 0.25) is 0 Å². The van der Waals surface area contributed by atoms with E-state index >= 15 is 0 Å². The average Bonchev–Trinajstić information content (AvgIpc) is 3.86. The SMILES string of the molecule is CCOC(=O)c1cc(C=O)c[nH]1.CCOC(=O)c1cc(CNc2ccccc2)c[nH]1.O=C(O)c1cc(CNc2ccccc2)c[nH]1. The molecular formula is C34H37N5O7. The molecule has 12 nitrogen and oxygen atoms in total. The number of benzene rings is 2. The van der Waals surface area contributed by atoms with Gasteiger partial charge in [0, 0.05) is 48.6 Å². The number of hydrogen-bond donors (Lipinski definition) is 6. The number of nitrogens with one attached hydrogen (secondary N) is 5. The molecule has 6 N–H and O–H groups in total. The number of esters is 2. The van der Waals surface area contributed by atoms with Crippen LogP contribution in [0.3, 0.4) is 0 Å². The topological polar surface area (TPSA) is 178 Å². The first-order valence-corrected chi connectivity index (χ1v) is 14.5. The highest BCUT2D eigenvalue weighted by Crippen LogP contribution is 2.11. The van der Waals surface area contributed by atoms with Gasteiger partial charge in [-0.05, 0) is 67.4 Å². The lowest BCUT2D eigenvalue weighted by Crippen LogP contribution is -2.04. The number of aromatic nitrogens is 3. The predicted octanol–water partition coefficient (Wildman–Crippen LogP) is 6.13. The molecular weight excluding hydrogens is 590 g/mol. The second-order valence-corrected chi connectivity index (χ2v) is 9.49. The number of carbonyl (C=O) groups excluding carboxylic acids is 3. The fourth-order valence-electron chi connectivity index (χ4n) is 3.86. The largest absolute Gasteiger partial charge is 0.477 e. The standard InChI is InChI=1S/C14H16N2O2.C12H12N2O2.C8H9NO3/c1-2-18-14(17)13-8-11(10-16-13)9-15-12-6-4-3-5-7-12;15-12(16)11-6-9(8-14-11)7-13-10-4-2-1-3-5-10;1-2-12-8(11)7-3-6(5-10)4-9-7/h3-8,10,15-16H,2,9H2,1H3;1-6,8,13-14H,7H2,(H,15,16);3-5,9H,2H2,1H3. The number of aldehydes is 1. The molecule has 0 spiro atoms. The molecule has 5 rings (SSSR count). The van der Waals surface area contributed by atoms with E-state index in [9.17, 15) is 19.2 Å². The van der Waals surface area contributed by atoms with Crippen molar-refractivity contribution in [2.24, 2.45) is 0 Å². The number of carbonyl (C=O) groups is 4. The number of anilines is 2. The fourth-order valence-corrected chi connectivity index (χ4v) is 3.86. The molecule has 5 aromatic rings. The zero-order valence-corrected chi connectivity index (χ0v) is 25.5. The van der Waals surface area contributed by atoms with Crippen molar-refractivity contribution in [2.75, 3.05) is 23.8 Å². The van der Waals surface area contributed by atoms with Gasteiger partial charge in [0.15, 0.2) is 6.29 Å². The lowest BCUT2D eigenvalue weighted by atomic mass is 10.2. The molecule has 240 valence electrons. The highest BCUT2D eigenvalue weighted by molar-refractivity contribution is 5.90. The van der Waals surface area contributed by atoms with Crippen molar-refractivity contribution in [3.63, 3.8) is 0 Å². The molecule has 0 saturated heterocycles. The summed E-state index contributed by atoms with van der Waals surface area (Å²) in [6.07, 6.45) is 5.63. The van der Waals surface area contributed by atoms with Crippen molar-refractivity contribution < 1.29 is 33.8 Å². The smallest absolute Gasteiger partial charge is 0.354 e. The van der Waals surface area contributed by atoms with Crippen molar-refractivity contribution >= 4 is 35.6 Å². The van der Waals surface area contributed by atoms with Crippen molar-refractivity contribution in [1.82, 2.24) is 15.0 Å². The monoisotopic (exact) mass is 627 g/mol. The van der Waals surface area contributed by atoms with Gasteiger partial charge in [-0.1, -0.05) is 36.4 Å². The van der Waals surface area contributed by atoms with E-state index in [1.54, 1.807) is 32.2 Å². The van der Waals surface area contributed by atoms with Gasteiger partial charge in [-0.15, -0.1) is 0 Å². The summed E-state index contributed by atoms with van der Waals surface area (Å²) < 4.78 is 9.61. The molecule has 0 saturated carbocycles. The van der Waals surface area contributed by atoms with Crippen LogP contribution in [-0.4, -0.2) is 57.5 Å². The minimum absolute atomic E-state index is 0.213. The third kappa shape index (κ3) is 11.6. The number of aromatic amines is 3. The Kier molecular flexibility index (Phi) is 13.9. The van der Waals surface area contributed by atoms with E-state index in [4.69, 9.17) is 14.6 Å². The van der Waals surface area contributed by atoms with Crippen LogP contribution in [0.2, 0.25) is 0 Å². The summed E-state index contributed by atoms with van der Waals surface area (Å²) >= 11 is 0. The van der Waals surface area contributed by atoms with Crippen LogP contribution in [0.5, 0.6) is 0 Å². The Morgan fingerprint density at radius 2 is 1.11 bits per heavy atom. The third-order valence-electron chi connectivity index (χ3n) is 6.09. The normalized spacial score (nSPS) is 9.87. The highest BCUT2D eigenvalue weighted by atomic mass is 16.5. The summed E-state index contributed by atoms with van der Waals surface area (Å²) in [5, 5.41) is 15.2. The first-order valence-electron chi connectivity index (χ1n) is 14.5. The Labute approximate surface area is 266 Å². The van der Waals surface area contributed by atoms with Crippen LogP contribution in [0.15, 0.2) is 97.5 Å². The van der Waals surface area contributed by atoms with Gasteiger partial charge in [-0.3, -0.25) is 4.79 Å². The molecule has 0 aliphatic heterocycles. The minimum Gasteiger partial charge on any atom is -0.477 e. The van der Waals surface area contributed by atoms with Crippen molar-refractivity contribution in [3.05, 3.63) is 131 Å². The zero-order valence-electron chi connectivity index (χ0n) is 25.5. The number of hydrogen-bond acceptors (Lipinski definition) is 8. The molecule has 0 atom stereocenters. The Hall–Kier alpha value is -6.04. The maximum atomic E-state index is 11.5. The minimum atomic E-state index is -0.939. The average molecular weight is 628 g/mol. The van der Waals surface area contributed by atoms with E-state index in [2.05, 4.69) is 25.6 Å². The van der Waals surface area contributed by atoms with Crippen molar-refractivity contribution in [3.8, 4) is 0 Å². The number of H-pyrrole nitrogens is 3. The number of rotatable bonds is 12. The van der Waals surface area contributed by atoms with E-state index in [0.29, 0.717) is 49.5 Å². The summed E-state index contributed by atoms with van der Waals surface area (Å²) in [5.41, 5.74) is 5.45. The van der Waals surface area contributed by atoms with Crippen molar-refractivity contribution in [2.45, 2.75) is 26.9 Å². The first-order chi connectivity index (χ1) is 22.3. The molecule has 2 aromatic carbocycles. The van der Waals surface area contributed by atoms with Crippen LogP contribution < -0.4 is 10.6 Å². The van der Waals surface area contributed by atoms with Crippen LogP contribution >= 0.6 is 0 Å². The Balaban J connectivity index is 0.000000192. The van der Waals surface area contributed by atoms with Crippen molar-refractivity contribution in [1.29, 1.82) is 0 Å². The molecule has 0 amide bonds. The molecule has 46 heavy (non-hydrogen) atoms. The lowest BCUT2D eigenvalue weighted by Gasteiger charge is -2.03. The van der Waals surface area contributed by atoms with Gasteiger partial charge in [0.05, 0.1) is 13.2 Å². The third-order valence-corrected chi connectivity index (χ3v) is 6.09. The maximum Gasteiger partial charge on any atom is 0.354 e. The molecule has 0 radical (unpaired) electrons. The first kappa shape index (κ1) is 34.5. The quantitative estimate of drug-likeness (QED) is 0.0701. The van der Waals surface area contributed by atoms with Gasteiger partial charge in [0.1, 0.15) is 17.1 Å². The fraction of sp³-hybridized carbons (Fsp3) is 0.176. The Morgan fingerprint density at radius 3 is 1.52 bits per heavy atom. The van der Waals surface area contributed by atoms with Gasteiger partial charge < -0.3 is 40.2 Å². The molecule has 0 aliphatic carbocycles. The van der Waals surface area contributed by atoms with Crippen LogP contribution in [-0.2, 0) is 22.6 Å². The summed E-state index contributed by atoms with van der Waals surface area (Å²) in [6, 6.07) is 24.6. The number of carboxylic acids is 1. The van der Waals surface area contributed by atoms with Crippen LogP contribution in [0, 0.1) is 0 Å². The van der Waals surface area contributed by atoms with E-state index in [0.717, 1.165) is 22.5 Å². The van der Waals surface area contributed by atoms with Crippen LogP contribution in [0.4, 0.5) is 11.4 Å². The molecule has 0 aliphatic rings.